The van der Waals surface area contributed by atoms with Crippen LogP contribution in [0.25, 0.3) is 0 Å². The van der Waals surface area contributed by atoms with Gasteiger partial charge in [-0.2, -0.15) is 0 Å². The van der Waals surface area contributed by atoms with Gasteiger partial charge in [0, 0.05) is 18.2 Å². The van der Waals surface area contributed by atoms with E-state index >= 15 is 0 Å². The van der Waals surface area contributed by atoms with Crippen molar-refractivity contribution in [2.45, 2.75) is 51.5 Å². The molecule has 1 fully saturated rings. The molecule has 0 spiro atoms. The van der Waals surface area contributed by atoms with Crippen LogP contribution in [0.3, 0.4) is 0 Å². The van der Waals surface area contributed by atoms with E-state index in [-0.39, 0.29) is 0 Å². The molecule has 1 aliphatic rings. The number of rotatable bonds is 5. The molecule has 0 radical (unpaired) electrons. The van der Waals surface area contributed by atoms with E-state index < -0.39 is 5.97 Å². The first-order valence-electron chi connectivity index (χ1n) is 6.27. The molecule has 92 valence electrons. The number of likely N-dealkylation sites (N-methyl/N-ethyl adjacent to an activating group) is 1. The van der Waals surface area contributed by atoms with E-state index in [0.29, 0.717) is 18.0 Å². The summed E-state index contributed by atoms with van der Waals surface area (Å²) < 4.78 is 0. The molecular weight excluding hydrogens is 202 g/mol. The van der Waals surface area contributed by atoms with E-state index in [1.54, 1.807) is 0 Å². The van der Waals surface area contributed by atoms with Crippen molar-refractivity contribution in [3.8, 4) is 0 Å². The van der Waals surface area contributed by atoms with E-state index in [1.165, 1.54) is 32.1 Å². The lowest BCUT2D eigenvalue weighted by atomic mass is 9.94. The highest BCUT2D eigenvalue weighted by Gasteiger charge is 2.17. The highest BCUT2D eigenvalue weighted by Crippen LogP contribution is 2.21. The van der Waals surface area contributed by atoms with Crippen molar-refractivity contribution in [3.63, 3.8) is 0 Å². The molecule has 3 nitrogen and oxygen atoms in total. The van der Waals surface area contributed by atoms with Gasteiger partial charge in [0.25, 0.3) is 0 Å². The second kappa shape index (κ2) is 6.69. The van der Waals surface area contributed by atoms with E-state index in [0.717, 1.165) is 6.54 Å². The number of nitrogens with zero attached hydrogens (tertiary/aromatic N) is 1. The van der Waals surface area contributed by atoms with Gasteiger partial charge in [0.1, 0.15) is 0 Å². The molecule has 0 aliphatic heterocycles. The van der Waals surface area contributed by atoms with Crippen LogP contribution in [-0.4, -0.2) is 35.6 Å². The second-order valence-electron chi connectivity index (χ2n) is 4.62. The zero-order chi connectivity index (χ0) is 12.0. The van der Waals surface area contributed by atoms with Crippen molar-refractivity contribution in [2.24, 2.45) is 0 Å². The standard InChI is InChI=1S/C13H23NO2/c1-3-11(13(15)16)9-10-14(2)12-7-5-4-6-8-12/h9,12H,3-8,10H2,1-2H3,(H,15,16). The monoisotopic (exact) mass is 225 g/mol. The fraction of sp³-hybridized carbons (Fsp3) is 0.769. The Hall–Kier alpha value is -0.830. The molecular formula is C13H23NO2. The summed E-state index contributed by atoms with van der Waals surface area (Å²) in [4.78, 5) is 13.1. The molecule has 0 saturated heterocycles. The Labute approximate surface area is 98.1 Å². The molecule has 1 aliphatic carbocycles. The summed E-state index contributed by atoms with van der Waals surface area (Å²) >= 11 is 0. The van der Waals surface area contributed by atoms with Gasteiger partial charge in [-0.25, -0.2) is 4.79 Å². The summed E-state index contributed by atoms with van der Waals surface area (Å²) in [6.45, 7) is 2.65. The van der Waals surface area contributed by atoms with Crippen molar-refractivity contribution in [1.82, 2.24) is 4.90 Å². The maximum atomic E-state index is 10.8. The third-order valence-electron chi connectivity index (χ3n) is 3.48. The number of hydrogen-bond acceptors (Lipinski definition) is 2. The lowest BCUT2D eigenvalue weighted by Gasteiger charge is -2.30. The van der Waals surface area contributed by atoms with Crippen molar-refractivity contribution in [3.05, 3.63) is 11.6 Å². The summed E-state index contributed by atoms with van der Waals surface area (Å²) in [6, 6.07) is 0.650. The summed E-state index contributed by atoms with van der Waals surface area (Å²) in [5.41, 5.74) is 0.530. The molecule has 0 atom stereocenters. The van der Waals surface area contributed by atoms with Crippen LogP contribution in [0, 0.1) is 0 Å². The Morgan fingerprint density at radius 1 is 1.38 bits per heavy atom. The van der Waals surface area contributed by atoms with Gasteiger partial charge in [-0.15, -0.1) is 0 Å². The maximum absolute atomic E-state index is 10.8. The molecule has 0 aromatic carbocycles. The van der Waals surface area contributed by atoms with E-state index in [1.807, 2.05) is 13.0 Å². The SMILES string of the molecule is CCC(=CCN(C)C1CCCCC1)C(=O)O. The molecule has 0 bridgehead atoms. The summed E-state index contributed by atoms with van der Waals surface area (Å²) in [7, 11) is 2.10. The molecule has 0 amide bonds. The van der Waals surface area contributed by atoms with Gasteiger partial charge in [0.15, 0.2) is 0 Å². The minimum absolute atomic E-state index is 0.530. The molecule has 1 saturated carbocycles. The first kappa shape index (κ1) is 13.2. The Morgan fingerprint density at radius 3 is 2.50 bits per heavy atom. The number of hydrogen-bond donors (Lipinski definition) is 1. The van der Waals surface area contributed by atoms with Gasteiger partial charge in [0.2, 0.25) is 0 Å². The highest BCUT2D eigenvalue weighted by atomic mass is 16.4. The van der Waals surface area contributed by atoms with Crippen molar-refractivity contribution in [1.29, 1.82) is 0 Å². The molecule has 0 aromatic heterocycles. The van der Waals surface area contributed by atoms with Crippen LogP contribution in [-0.2, 0) is 4.79 Å². The lowest BCUT2D eigenvalue weighted by molar-refractivity contribution is -0.132. The van der Waals surface area contributed by atoms with Crippen LogP contribution in [0.5, 0.6) is 0 Å². The maximum Gasteiger partial charge on any atom is 0.331 e. The van der Waals surface area contributed by atoms with Gasteiger partial charge < -0.3 is 5.11 Å². The number of carboxylic acids is 1. The highest BCUT2D eigenvalue weighted by molar-refractivity contribution is 5.86. The second-order valence-corrected chi connectivity index (χ2v) is 4.62. The largest absolute Gasteiger partial charge is 0.478 e. The van der Waals surface area contributed by atoms with E-state index in [4.69, 9.17) is 5.11 Å². The zero-order valence-electron chi connectivity index (χ0n) is 10.4. The Morgan fingerprint density at radius 2 is 2.00 bits per heavy atom. The quantitative estimate of drug-likeness (QED) is 0.731. The Kier molecular flexibility index (Phi) is 5.53. The average Bonchev–Trinajstić information content (AvgIpc) is 2.30. The van der Waals surface area contributed by atoms with Crippen LogP contribution in [0.2, 0.25) is 0 Å². The zero-order valence-corrected chi connectivity index (χ0v) is 10.4. The number of carbonyl (C=O) groups is 1. The van der Waals surface area contributed by atoms with Gasteiger partial charge >= 0.3 is 5.97 Å². The lowest BCUT2D eigenvalue weighted by Crippen LogP contribution is -2.33. The molecule has 1 rings (SSSR count). The molecule has 1 N–H and O–H groups in total. The third kappa shape index (κ3) is 3.97. The van der Waals surface area contributed by atoms with Gasteiger partial charge in [-0.1, -0.05) is 32.3 Å². The first-order valence-corrected chi connectivity index (χ1v) is 6.27. The average molecular weight is 225 g/mol. The van der Waals surface area contributed by atoms with Crippen LogP contribution in [0.4, 0.5) is 0 Å². The van der Waals surface area contributed by atoms with E-state index in [2.05, 4.69) is 11.9 Å². The number of aliphatic carboxylic acids is 1. The molecule has 0 heterocycles. The third-order valence-corrected chi connectivity index (χ3v) is 3.48. The smallest absolute Gasteiger partial charge is 0.331 e. The van der Waals surface area contributed by atoms with Crippen molar-refractivity contribution in [2.75, 3.05) is 13.6 Å². The predicted molar refractivity (Wildman–Crippen MR) is 65.5 cm³/mol. The first-order chi connectivity index (χ1) is 7.65. The minimum atomic E-state index is -0.778. The van der Waals surface area contributed by atoms with Gasteiger partial charge in [-0.3, -0.25) is 4.90 Å². The van der Waals surface area contributed by atoms with Crippen molar-refractivity contribution < 1.29 is 9.90 Å². The molecule has 16 heavy (non-hydrogen) atoms. The molecule has 3 heteroatoms. The normalized spacial score (nSPS) is 19.1. The number of carboxylic acid groups (broad SMARTS) is 1. The van der Waals surface area contributed by atoms with E-state index in [9.17, 15) is 4.79 Å². The summed E-state index contributed by atoms with van der Waals surface area (Å²) in [5, 5.41) is 8.91. The predicted octanol–water partition coefficient (Wildman–Crippen LogP) is 2.67. The Balaban J connectivity index is 2.43. The van der Waals surface area contributed by atoms with Gasteiger partial charge in [0.05, 0.1) is 0 Å². The summed E-state index contributed by atoms with van der Waals surface area (Å²) in [6.07, 6.45) is 8.98. The van der Waals surface area contributed by atoms with Crippen LogP contribution in [0.15, 0.2) is 11.6 Å². The fourth-order valence-corrected chi connectivity index (χ4v) is 2.31. The topological polar surface area (TPSA) is 40.5 Å². The minimum Gasteiger partial charge on any atom is -0.478 e. The Bertz CT molecular complexity index is 255. The summed E-state index contributed by atoms with van der Waals surface area (Å²) in [5.74, 6) is -0.778. The van der Waals surface area contributed by atoms with Crippen LogP contribution in [0.1, 0.15) is 45.4 Å². The van der Waals surface area contributed by atoms with Crippen molar-refractivity contribution >= 4 is 5.97 Å². The molecule has 0 unspecified atom stereocenters. The fourth-order valence-electron chi connectivity index (χ4n) is 2.31. The van der Waals surface area contributed by atoms with Crippen LogP contribution < -0.4 is 0 Å². The van der Waals surface area contributed by atoms with Crippen LogP contribution >= 0.6 is 0 Å². The molecule has 0 aromatic rings. The van der Waals surface area contributed by atoms with Gasteiger partial charge in [-0.05, 0) is 26.3 Å².